The lowest BCUT2D eigenvalue weighted by Crippen LogP contribution is -2.15. The first-order chi connectivity index (χ1) is 12.1. The van der Waals surface area contributed by atoms with E-state index < -0.39 is 11.9 Å². The fourth-order valence-corrected chi connectivity index (χ4v) is 2.18. The van der Waals surface area contributed by atoms with Crippen LogP contribution in [-0.4, -0.2) is 25.2 Å². The van der Waals surface area contributed by atoms with E-state index in [0.717, 1.165) is 38.5 Å². The van der Waals surface area contributed by atoms with Gasteiger partial charge in [0.2, 0.25) is 0 Å². The van der Waals surface area contributed by atoms with E-state index in [-0.39, 0.29) is 37.9 Å². The van der Waals surface area contributed by atoms with E-state index in [1.165, 1.54) is 0 Å². The van der Waals surface area contributed by atoms with Crippen LogP contribution >= 0.6 is 0 Å². The van der Waals surface area contributed by atoms with Gasteiger partial charge in [-0.1, -0.05) is 39.5 Å². The van der Waals surface area contributed by atoms with E-state index in [1.54, 1.807) is 0 Å². The largest absolute Gasteiger partial charge is 0.464 e. The molecule has 6 nitrogen and oxygen atoms in total. The zero-order valence-corrected chi connectivity index (χ0v) is 15.5. The summed E-state index contributed by atoms with van der Waals surface area (Å²) in [5.74, 6) is -1.33. The molecule has 0 aromatic rings. The molecule has 0 heterocycles. The molecule has 0 fully saturated rings. The standard InChI is InChI=1S/C19H30N2O4/c1-3-5-8-16(12-20)14-24-18(22)10-7-11-19(23)25-15-17(13-21)9-6-4-2/h16-17H,3-11,14-15H2,1-2H3. The maximum absolute atomic E-state index is 11.6. The molecule has 0 aliphatic heterocycles. The fraction of sp³-hybridized carbons (Fsp3) is 0.789. The number of nitrogens with zero attached hydrogens (tertiary/aromatic N) is 2. The van der Waals surface area contributed by atoms with E-state index in [9.17, 15) is 9.59 Å². The minimum atomic E-state index is -0.401. The molecule has 0 bridgehead atoms. The van der Waals surface area contributed by atoms with Crippen molar-refractivity contribution in [3.8, 4) is 12.1 Å². The van der Waals surface area contributed by atoms with Crippen LogP contribution in [-0.2, 0) is 19.1 Å². The van der Waals surface area contributed by atoms with Crippen LogP contribution in [0.15, 0.2) is 0 Å². The SMILES string of the molecule is CCCCC(C#N)COC(=O)CCCC(=O)OCC(C#N)CCCC. The highest BCUT2D eigenvalue weighted by Gasteiger charge is 2.13. The third kappa shape index (κ3) is 12.9. The summed E-state index contributed by atoms with van der Waals surface area (Å²) in [5.41, 5.74) is 0. The minimum Gasteiger partial charge on any atom is -0.464 e. The molecule has 0 aliphatic rings. The van der Waals surface area contributed by atoms with Crippen molar-refractivity contribution >= 4 is 11.9 Å². The third-order valence-corrected chi connectivity index (χ3v) is 3.83. The molecule has 0 rings (SSSR count). The molecule has 0 saturated heterocycles. The zero-order chi connectivity index (χ0) is 18.9. The van der Waals surface area contributed by atoms with E-state index >= 15 is 0 Å². The molecular formula is C19H30N2O4. The van der Waals surface area contributed by atoms with Crippen molar-refractivity contribution in [1.29, 1.82) is 10.5 Å². The number of unbranched alkanes of at least 4 members (excludes halogenated alkanes) is 2. The minimum absolute atomic E-state index is 0.112. The number of esters is 2. The Balaban J connectivity index is 3.84. The Bertz CT molecular complexity index is 423. The Morgan fingerprint density at radius 2 is 1.20 bits per heavy atom. The van der Waals surface area contributed by atoms with Gasteiger partial charge in [0.1, 0.15) is 13.2 Å². The monoisotopic (exact) mass is 350 g/mol. The molecular weight excluding hydrogens is 320 g/mol. The van der Waals surface area contributed by atoms with Crippen LogP contribution in [0.25, 0.3) is 0 Å². The van der Waals surface area contributed by atoms with Gasteiger partial charge >= 0.3 is 11.9 Å². The first-order valence-corrected chi connectivity index (χ1v) is 9.17. The average molecular weight is 350 g/mol. The highest BCUT2D eigenvalue weighted by Crippen LogP contribution is 2.10. The molecule has 25 heavy (non-hydrogen) atoms. The van der Waals surface area contributed by atoms with Crippen molar-refractivity contribution in [2.45, 2.75) is 71.6 Å². The maximum atomic E-state index is 11.6. The normalized spacial score (nSPS) is 12.5. The highest BCUT2D eigenvalue weighted by atomic mass is 16.5. The van der Waals surface area contributed by atoms with Gasteiger partial charge in [0.25, 0.3) is 0 Å². The lowest BCUT2D eigenvalue weighted by molar-refractivity contribution is -0.146. The number of hydrogen-bond acceptors (Lipinski definition) is 6. The van der Waals surface area contributed by atoms with Gasteiger partial charge < -0.3 is 9.47 Å². The van der Waals surface area contributed by atoms with Crippen LogP contribution in [0, 0.1) is 34.5 Å². The molecule has 2 unspecified atom stereocenters. The first kappa shape index (κ1) is 22.9. The molecule has 0 spiro atoms. The molecule has 6 heteroatoms. The quantitative estimate of drug-likeness (QED) is 0.440. The van der Waals surface area contributed by atoms with E-state index in [2.05, 4.69) is 12.1 Å². The molecule has 0 N–H and O–H groups in total. The lowest BCUT2D eigenvalue weighted by atomic mass is 10.1. The molecule has 0 aromatic heterocycles. The van der Waals surface area contributed by atoms with E-state index in [4.69, 9.17) is 20.0 Å². The number of nitriles is 2. The van der Waals surface area contributed by atoms with Gasteiger partial charge in [-0.25, -0.2) is 0 Å². The Kier molecular flexibility index (Phi) is 14.2. The van der Waals surface area contributed by atoms with Crippen LogP contribution in [0.4, 0.5) is 0 Å². The molecule has 0 amide bonds. The van der Waals surface area contributed by atoms with Gasteiger partial charge in [-0.3, -0.25) is 9.59 Å². The highest BCUT2D eigenvalue weighted by molar-refractivity contribution is 5.72. The Morgan fingerprint density at radius 1 is 0.800 bits per heavy atom. The third-order valence-electron chi connectivity index (χ3n) is 3.83. The summed E-state index contributed by atoms with van der Waals surface area (Å²) in [5, 5.41) is 17.9. The van der Waals surface area contributed by atoms with Crippen LogP contribution in [0.1, 0.15) is 71.6 Å². The van der Waals surface area contributed by atoms with Gasteiger partial charge in [0.05, 0.1) is 24.0 Å². The fourth-order valence-electron chi connectivity index (χ4n) is 2.18. The number of carbonyl (C=O) groups is 2. The molecule has 0 radical (unpaired) electrons. The first-order valence-electron chi connectivity index (χ1n) is 9.17. The van der Waals surface area contributed by atoms with Crippen LogP contribution in [0.3, 0.4) is 0 Å². The van der Waals surface area contributed by atoms with Gasteiger partial charge in [0, 0.05) is 12.8 Å². The number of rotatable bonds is 14. The summed E-state index contributed by atoms with van der Waals surface area (Å²) in [7, 11) is 0. The molecule has 0 aromatic carbocycles. The van der Waals surface area contributed by atoms with Crippen molar-refractivity contribution in [2.75, 3.05) is 13.2 Å². The Morgan fingerprint density at radius 3 is 1.52 bits per heavy atom. The van der Waals surface area contributed by atoms with Crippen LogP contribution in [0.5, 0.6) is 0 Å². The van der Waals surface area contributed by atoms with Crippen molar-refractivity contribution < 1.29 is 19.1 Å². The Hall–Kier alpha value is -2.08. The average Bonchev–Trinajstić information content (AvgIpc) is 2.62. The topological polar surface area (TPSA) is 100 Å². The van der Waals surface area contributed by atoms with Gasteiger partial charge in [-0.2, -0.15) is 10.5 Å². The number of hydrogen-bond donors (Lipinski definition) is 0. The van der Waals surface area contributed by atoms with Crippen LogP contribution in [0.2, 0.25) is 0 Å². The van der Waals surface area contributed by atoms with E-state index in [1.807, 2.05) is 13.8 Å². The number of ether oxygens (including phenoxy) is 2. The van der Waals surface area contributed by atoms with Crippen LogP contribution < -0.4 is 0 Å². The summed E-state index contributed by atoms with van der Waals surface area (Å²) in [4.78, 5) is 23.2. The second kappa shape index (κ2) is 15.4. The Labute approximate surface area is 151 Å². The summed E-state index contributed by atoms with van der Waals surface area (Å²) in [6.45, 7) is 4.31. The van der Waals surface area contributed by atoms with Gasteiger partial charge in [-0.05, 0) is 19.3 Å². The number of carbonyl (C=O) groups excluding carboxylic acids is 2. The van der Waals surface area contributed by atoms with Gasteiger partial charge in [0.15, 0.2) is 0 Å². The molecule has 0 aliphatic carbocycles. The molecule has 0 saturated carbocycles. The lowest BCUT2D eigenvalue weighted by Gasteiger charge is -2.10. The van der Waals surface area contributed by atoms with Crippen molar-refractivity contribution in [1.82, 2.24) is 0 Å². The smallest absolute Gasteiger partial charge is 0.305 e. The second-order valence-electron chi connectivity index (χ2n) is 6.16. The maximum Gasteiger partial charge on any atom is 0.305 e. The van der Waals surface area contributed by atoms with Crippen molar-refractivity contribution in [2.24, 2.45) is 11.8 Å². The van der Waals surface area contributed by atoms with Crippen molar-refractivity contribution in [3.63, 3.8) is 0 Å². The summed E-state index contributed by atoms with van der Waals surface area (Å²) in [6.07, 6.45) is 5.91. The predicted molar refractivity (Wildman–Crippen MR) is 93.0 cm³/mol. The molecule has 2 atom stereocenters. The predicted octanol–water partition coefficient (Wildman–Crippen LogP) is 3.90. The summed E-state index contributed by atoms with van der Waals surface area (Å²) < 4.78 is 10.2. The van der Waals surface area contributed by atoms with Crippen molar-refractivity contribution in [3.05, 3.63) is 0 Å². The summed E-state index contributed by atoms with van der Waals surface area (Å²) in [6, 6.07) is 4.27. The second-order valence-corrected chi connectivity index (χ2v) is 6.16. The summed E-state index contributed by atoms with van der Waals surface area (Å²) >= 11 is 0. The van der Waals surface area contributed by atoms with E-state index in [0.29, 0.717) is 6.42 Å². The van der Waals surface area contributed by atoms with Gasteiger partial charge in [-0.15, -0.1) is 0 Å². The zero-order valence-electron chi connectivity index (χ0n) is 15.5. The molecule has 140 valence electrons.